The molecule has 0 radical (unpaired) electrons. The van der Waals surface area contributed by atoms with E-state index in [1.165, 1.54) is 10.9 Å². The molecule has 8 heteroatoms. The lowest BCUT2D eigenvalue weighted by Crippen LogP contribution is -2.32. The number of hydrogen-bond acceptors (Lipinski definition) is 6. The van der Waals surface area contributed by atoms with Gasteiger partial charge in [-0.25, -0.2) is 9.78 Å². The largest absolute Gasteiger partial charge is 0.394 e. The van der Waals surface area contributed by atoms with Crippen molar-refractivity contribution in [1.82, 2.24) is 14.5 Å². The third kappa shape index (κ3) is 3.54. The van der Waals surface area contributed by atoms with Crippen LogP contribution in [0.25, 0.3) is 0 Å². The lowest BCUT2D eigenvalue weighted by atomic mass is 10.4. The van der Waals surface area contributed by atoms with Crippen LogP contribution in [-0.4, -0.2) is 38.7 Å². The summed E-state index contributed by atoms with van der Waals surface area (Å²) in [5, 5.41) is 8.95. The van der Waals surface area contributed by atoms with E-state index in [9.17, 15) is 4.79 Å². The standard InChI is InChI=1S/C7H13N4O3P/c8-6-9-3-11(7(13)10-6)1-5(2-12)14-4-15/h3,5,12H,1-2,4,15H2,(H2,8,10,13)/t5-/m0/s1. The van der Waals surface area contributed by atoms with Crippen molar-refractivity contribution < 1.29 is 9.84 Å². The van der Waals surface area contributed by atoms with E-state index < -0.39 is 11.8 Å². The predicted molar refractivity (Wildman–Crippen MR) is 57.2 cm³/mol. The number of aromatic nitrogens is 3. The Balaban J connectivity index is 2.75. The molecule has 0 spiro atoms. The molecule has 1 aromatic heterocycles. The molecule has 0 aliphatic rings. The summed E-state index contributed by atoms with van der Waals surface area (Å²) in [6, 6.07) is 0. The van der Waals surface area contributed by atoms with Gasteiger partial charge in [0.2, 0.25) is 5.95 Å². The van der Waals surface area contributed by atoms with Crippen molar-refractivity contribution in [2.75, 3.05) is 18.7 Å². The van der Waals surface area contributed by atoms with Gasteiger partial charge in [0.05, 0.1) is 25.6 Å². The Morgan fingerprint density at radius 3 is 3.00 bits per heavy atom. The van der Waals surface area contributed by atoms with Crippen LogP contribution in [0.2, 0.25) is 0 Å². The van der Waals surface area contributed by atoms with E-state index in [-0.39, 0.29) is 19.1 Å². The first-order chi connectivity index (χ1) is 7.17. The average molecular weight is 232 g/mol. The Kier molecular flexibility index (Phi) is 4.61. The molecule has 15 heavy (non-hydrogen) atoms. The second-order valence-corrected chi connectivity index (χ2v) is 3.12. The Labute approximate surface area is 88.5 Å². The van der Waals surface area contributed by atoms with Gasteiger partial charge in [-0.15, -0.1) is 9.24 Å². The monoisotopic (exact) mass is 232 g/mol. The number of anilines is 1. The van der Waals surface area contributed by atoms with E-state index in [0.717, 1.165) is 0 Å². The molecule has 0 amide bonds. The van der Waals surface area contributed by atoms with E-state index in [1.807, 2.05) is 0 Å². The fourth-order valence-electron chi connectivity index (χ4n) is 1.01. The lowest BCUT2D eigenvalue weighted by molar-refractivity contribution is 0.0273. The molecule has 0 aliphatic heterocycles. The van der Waals surface area contributed by atoms with E-state index in [1.54, 1.807) is 0 Å². The van der Waals surface area contributed by atoms with Crippen molar-refractivity contribution in [3.8, 4) is 0 Å². The molecule has 0 saturated carbocycles. The minimum atomic E-state index is -0.506. The van der Waals surface area contributed by atoms with Crippen molar-refractivity contribution >= 4 is 15.2 Å². The van der Waals surface area contributed by atoms with Gasteiger partial charge in [0, 0.05) is 0 Å². The maximum absolute atomic E-state index is 11.3. The number of aliphatic hydroxyl groups excluding tert-OH is 1. The summed E-state index contributed by atoms with van der Waals surface area (Å²) in [6.45, 7) is 0.0230. The molecule has 1 rings (SSSR count). The summed E-state index contributed by atoms with van der Waals surface area (Å²) < 4.78 is 6.38. The van der Waals surface area contributed by atoms with Gasteiger partial charge in [0.25, 0.3) is 0 Å². The van der Waals surface area contributed by atoms with Crippen LogP contribution in [0.4, 0.5) is 5.95 Å². The van der Waals surface area contributed by atoms with E-state index in [2.05, 4.69) is 19.2 Å². The third-order valence-corrected chi connectivity index (χ3v) is 1.91. The summed E-state index contributed by atoms with van der Waals surface area (Å²) >= 11 is 0. The molecule has 0 saturated heterocycles. The zero-order valence-electron chi connectivity index (χ0n) is 8.04. The van der Waals surface area contributed by atoms with Crippen LogP contribution in [0.5, 0.6) is 0 Å². The number of nitrogens with zero attached hydrogens (tertiary/aromatic N) is 3. The molecule has 0 aliphatic carbocycles. The van der Waals surface area contributed by atoms with E-state index in [0.29, 0.717) is 6.35 Å². The molecule has 1 aromatic rings. The third-order valence-electron chi connectivity index (χ3n) is 1.72. The smallest absolute Gasteiger partial charge is 0.352 e. The van der Waals surface area contributed by atoms with Crippen LogP contribution >= 0.6 is 9.24 Å². The zero-order chi connectivity index (χ0) is 11.3. The second kappa shape index (κ2) is 5.75. The summed E-state index contributed by atoms with van der Waals surface area (Å²) in [5.74, 6) is -0.0660. The molecule has 1 unspecified atom stereocenters. The number of hydrogen-bond donors (Lipinski definition) is 2. The number of aliphatic hydroxyl groups is 1. The Hall–Kier alpha value is -1.04. The van der Waals surface area contributed by atoms with Crippen molar-refractivity contribution in [2.24, 2.45) is 0 Å². The predicted octanol–water partition coefficient (Wildman–Crippen LogP) is -1.57. The highest BCUT2D eigenvalue weighted by atomic mass is 31.0. The van der Waals surface area contributed by atoms with Crippen LogP contribution in [0.15, 0.2) is 11.1 Å². The molecule has 7 nitrogen and oxygen atoms in total. The number of nitrogens with two attached hydrogens (primary N) is 1. The Morgan fingerprint density at radius 2 is 2.47 bits per heavy atom. The van der Waals surface area contributed by atoms with Gasteiger partial charge < -0.3 is 15.6 Å². The van der Waals surface area contributed by atoms with Gasteiger partial charge in [-0.05, 0) is 0 Å². The topological polar surface area (TPSA) is 103 Å². The number of rotatable bonds is 5. The zero-order valence-corrected chi connectivity index (χ0v) is 9.19. The van der Waals surface area contributed by atoms with Crippen molar-refractivity contribution in [1.29, 1.82) is 0 Å². The number of ether oxygens (including phenoxy) is 1. The van der Waals surface area contributed by atoms with Gasteiger partial charge in [-0.2, -0.15) is 4.98 Å². The van der Waals surface area contributed by atoms with Crippen LogP contribution in [0.1, 0.15) is 0 Å². The minimum absolute atomic E-state index is 0.0660. The quantitative estimate of drug-likeness (QED) is 0.594. The fraction of sp³-hybridized carbons (Fsp3) is 0.571. The molecule has 0 bridgehead atoms. The molecular formula is C7H13N4O3P. The maximum atomic E-state index is 11.3. The normalized spacial score (nSPS) is 12.7. The lowest BCUT2D eigenvalue weighted by Gasteiger charge is -2.14. The van der Waals surface area contributed by atoms with Gasteiger partial charge in [-0.3, -0.25) is 4.57 Å². The van der Waals surface area contributed by atoms with Crippen LogP contribution in [0, 0.1) is 0 Å². The van der Waals surface area contributed by atoms with Crippen LogP contribution in [0.3, 0.4) is 0 Å². The Morgan fingerprint density at radius 1 is 1.73 bits per heavy atom. The molecule has 84 valence electrons. The van der Waals surface area contributed by atoms with Gasteiger partial charge >= 0.3 is 5.69 Å². The highest BCUT2D eigenvalue weighted by Gasteiger charge is 2.09. The highest BCUT2D eigenvalue weighted by molar-refractivity contribution is 7.16. The molecule has 3 N–H and O–H groups in total. The van der Waals surface area contributed by atoms with Gasteiger partial charge in [0.15, 0.2) is 0 Å². The Bertz CT molecular complexity index is 369. The van der Waals surface area contributed by atoms with Crippen LogP contribution < -0.4 is 11.4 Å². The highest BCUT2D eigenvalue weighted by Crippen LogP contribution is 1.97. The van der Waals surface area contributed by atoms with Crippen LogP contribution in [-0.2, 0) is 11.3 Å². The molecule has 0 aromatic carbocycles. The average Bonchev–Trinajstić information content (AvgIpc) is 2.21. The number of nitrogen functional groups attached to an aromatic ring is 1. The molecule has 1 heterocycles. The minimum Gasteiger partial charge on any atom is -0.394 e. The summed E-state index contributed by atoms with van der Waals surface area (Å²) in [4.78, 5) is 18.4. The van der Waals surface area contributed by atoms with E-state index >= 15 is 0 Å². The maximum Gasteiger partial charge on any atom is 0.352 e. The molecule has 0 fully saturated rings. The van der Waals surface area contributed by atoms with Crippen molar-refractivity contribution in [3.63, 3.8) is 0 Å². The van der Waals surface area contributed by atoms with Crippen molar-refractivity contribution in [3.05, 3.63) is 16.8 Å². The summed E-state index contributed by atoms with van der Waals surface area (Å²) in [7, 11) is 2.37. The summed E-state index contributed by atoms with van der Waals surface area (Å²) in [5.41, 5.74) is 4.72. The first kappa shape index (κ1) is 12.0. The van der Waals surface area contributed by atoms with Crippen molar-refractivity contribution in [2.45, 2.75) is 12.6 Å². The van der Waals surface area contributed by atoms with Gasteiger partial charge in [-0.1, -0.05) is 0 Å². The SMILES string of the molecule is Nc1ncn(C[C@@H](CO)OCP)c(=O)n1. The first-order valence-corrected chi connectivity index (χ1v) is 5.10. The summed E-state index contributed by atoms with van der Waals surface area (Å²) in [6.07, 6.45) is 1.21. The fourth-order valence-corrected chi connectivity index (χ4v) is 1.29. The van der Waals surface area contributed by atoms with E-state index in [4.69, 9.17) is 15.6 Å². The van der Waals surface area contributed by atoms with Gasteiger partial charge in [0.1, 0.15) is 6.33 Å². The molecule has 2 atom stereocenters. The second-order valence-electron chi connectivity index (χ2n) is 2.79. The first-order valence-electron chi connectivity index (χ1n) is 4.29. The molecular weight excluding hydrogens is 219 g/mol.